The van der Waals surface area contributed by atoms with Crippen molar-refractivity contribution in [1.29, 1.82) is 0 Å². The van der Waals surface area contributed by atoms with Crippen molar-refractivity contribution in [2.24, 2.45) is 0 Å². The zero-order chi connectivity index (χ0) is 27.9. The smallest absolute Gasteiger partial charge is 0.251 e. The molecule has 40 heavy (non-hydrogen) atoms. The summed E-state index contributed by atoms with van der Waals surface area (Å²) in [7, 11) is 0. The standard InChI is InChI=1S/C32H37N5O3/c1-2-34-26-17-25(18-27(19-26)37-14-6-9-31(37)39)32(40)36-29(16-22-7-4-3-5-8-22)30(38)21-33-20-23-10-11-28-24(15-23)12-13-35-28/h3-5,7-8,10-13,15,17-19,29-30,33-35,38H,2,6,9,14,16,20-21H2,1H3,(H,36,40)/t29-,30+/m0/s1. The van der Waals surface area contributed by atoms with Crippen molar-refractivity contribution in [2.75, 3.05) is 29.9 Å². The minimum Gasteiger partial charge on any atom is -0.390 e. The van der Waals surface area contributed by atoms with Crippen LogP contribution >= 0.6 is 0 Å². The van der Waals surface area contributed by atoms with E-state index < -0.39 is 12.1 Å². The molecule has 2 heterocycles. The molecule has 1 aliphatic heterocycles. The number of carbonyl (C=O) groups excluding carboxylic acids is 2. The van der Waals surface area contributed by atoms with Crippen LogP contribution in [-0.2, 0) is 17.8 Å². The molecule has 1 fully saturated rings. The van der Waals surface area contributed by atoms with Gasteiger partial charge in [0, 0.05) is 61.3 Å². The number of nitrogens with zero attached hydrogens (tertiary/aromatic N) is 1. The molecule has 0 unspecified atom stereocenters. The first kappa shape index (κ1) is 27.4. The van der Waals surface area contributed by atoms with E-state index in [1.807, 2.05) is 61.7 Å². The number of nitrogens with one attached hydrogen (secondary N) is 4. The highest BCUT2D eigenvalue weighted by atomic mass is 16.3. The number of rotatable bonds is 12. The van der Waals surface area contributed by atoms with E-state index in [1.165, 1.54) is 0 Å². The fourth-order valence-electron chi connectivity index (χ4n) is 5.25. The van der Waals surface area contributed by atoms with Gasteiger partial charge in [0.15, 0.2) is 0 Å². The van der Waals surface area contributed by atoms with Crippen LogP contribution in [0, 0.1) is 0 Å². The van der Waals surface area contributed by atoms with E-state index >= 15 is 0 Å². The molecule has 0 bridgehead atoms. The van der Waals surface area contributed by atoms with E-state index in [0.717, 1.165) is 34.1 Å². The van der Waals surface area contributed by atoms with Crippen molar-refractivity contribution in [2.45, 2.75) is 44.9 Å². The van der Waals surface area contributed by atoms with Crippen LogP contribution in [-0.4, -0.2) is 53.7 Å². The van der Waals surface area contributed by atoms with Gasteiger partial charge in [-0.25, -0.2) is 0 Å². The van der Waals surface area contributed by atoms with Crippen molar-refractivity contribution in [3.63, 3.8) is 0 Å². The quantitative estimate of drug-likeness (QED) is 0.185. The summed E-state index contributed by atoms with van der Waals surface area (Å²) in [5, 5.41) is 22.1. The van der Waals surface area contributed by atoms with E-state index in [4.69, 9.17) is 0 Å². The second-order valence-corrected chi connectivity index (χ2v) is 10.3. The third-order valence-electron chi connectivity index (χ3n) is 7.33. The molecule has 208 valence electrons. The molecule has 1 aromatic heterocycles. The molecule has 5 rings (SSSR count). The average molecular weight is 540 g/mol. The Balaban J connectivity index is 1.30. The van der Waals surface area contributed by atoms with Crippen LogP contribution in [0.3, 0.4) is 0 Å². The second kappa shape index (κ2) is 12.8. The first-order chi connectivity index (χ1) is 19.5. The summed E-state index contributed by atoms with van der Waals surface area (Å²) >= 11 is 0. The first-order valence-electron chi connectivity index (χ1n) is 14.0. The summed E-state index contributed by atoms with van der Waals surface area (Å²) in [6.45, 7) is 4.24. The minimum absolute atomic E-state index is 0.0686. The number of fused-ring (bicyclic) bond motifs is 1. The fourth-order valence-corrected chi connectivity index (χ4v) is 5.25. The van der Waals surface area contributed by atoms with E-state index in [0.29, 0.717) is 50.3 Å². The zero-order valence-corrected chi connectivity index (χ0v) is 22.8. The number of carbonyl (C=O) groups is 2. The Morgan fingerprint density at radius 3 is 2.67 bits per heavy atom. The molecule has 8 nitrogen and oxygen atoms in total. The topological polar surface area (TPSA) is 109 Å². The maximum absolute atomic E-state index is 13.6. The predicted molar refractivity (Wildman–Crippen MR) is 160 cm³/mol. The molecule has 3 aromatic carbocycles. The molecule has 0 saturated carbocycles. The molecule has 1 saturated heterocycles. The highest BCUT2D eigenvalue weighted by Crippen LogP contribution is 2.27. The number of benzene rings is 3. The number of aliphatic hydroxyl groups excluding tert-OH is 1. The zero-order valence-electron chi connectivity index (χ0n) is 22.8. The van der Waals surface area contributed by atoms with Crippen LogP contribution in [0.4, 0.5) is 11.4 Å². The number of H-pyrrole nitrogens is 1. The lowest BCUT2D eigenvalue weighted by Crippen LogP contribution is -2.48. The van der Waals surface area contributed by atoms with E-state index in [-0.39, 0.29) is 11.8 Å². The lowest BCUT2D eigenvalue weighted by atomic mass is 10.00. The van der Waals surface area contributed by atoms with Crippen LogP contribution in [0.1, 0.15) is 41.3 Å². The summed E-state index contributed by atoms with van der Waals surface area (Å²) in [4.78, 5) is 30.9. The Labute approximate surface area is 234 Å². The molecule has 0 spiro atoms. The number of amides is 2. The first-order valence-corrected chi connectivity index (χ1v) is 14.0. The molecule has 2 atom stereocenters. The summed E-state index contributed by atoms with van der Waals surface area (Å²) in [6, 6.07) is 23.1. The molecule has 0 aliphatic carbocycles. The Morgan fingerprint density at radius 2 is 1.90 bits per heavy atom. The summed E-state index contributed by atoms with van der Waals surface area (Å²) in [5.74, 6) is -0.218. The summed E-state index contributed by atoms with van der Waals surface area (Å²) in [6.07, 6.45) is 2.90. The van der Waals surface area contributed by atoms with E-state index in [2.05, 4.69) is 33.1 Å². The monoisotopic (exact) mass is 539 g/mol. The molecular formula is C32H37N5O3. The maximum Gasteiger partial charge on any atom is 0.251 e. The van der Waals surface area contributed by atoms with E-state index in [1.54, 1.807) is 17.0 Å². The molecule has 5 N–H and O–H groups in total. The Hall–Kier alpha value is -4.14. The van der Waals surface area contributed by atoms with Crippen molar-refractivity contribution in [3.8, 4) is 0 Å². The number of hydrogen-bond donors (Lipinski definition) is 5. The highest BCUT2D eigenvalue weighted by Gasteiger charge is 2.25. The summed E-state index contributed by atoms with van der Waals surface area (Å²) < 4.78 is 0. The number of aromatic amines is 1. The lowest BCUT2D eigenvalue weighted by Gasteiger charge is -2.25. The molecule has 2 amide bonds. The van der Waals surface area contributed by atoms with Gasteiger partial charge in [-0.05, 0) is 72.7 Å². The Kier molecular flexibility index (Phi) is 8.78. The van der Waals surface area contributed by atoms with Gasteiger partial charge in [-0.3, -0.25) is 9.59 Å². The van der Waals surface area contributed by atoms with Crippen LogP contribution in [0.15, 0.2) is 79.0 Å². The molecule has 4 aromatic rings. The molecule has 1 aliphatic rings. The van der Waals surface area contributed by atoms with Gasteiger partial charge in [0.2, 0.25) is 5.91 Å². The third-order valence-corrected chi connectivity index (χ3v) is 7.33. The van der Waals surface area contributed by atoms with Crippen molar-refractivity contribution in [1.82, 2.24) is 15.6 Å². The Morgan fingerprint density at radius 1 is 1.05 bits per heavy atom. The van der Waals surface area contributed by atoms with Gasteiger partial charge in [-0.15, -0.1) is 0 Å². The minimum atomic E-state index is -0.822. The van der Waals surface area contributed by atoms with Crippen molar-refractivity contribution >= 4 is 34.1 Å². The maximum atomic E-state index is 13.6. The van der Waals surface area contributed by atoms with Crippen molar-refractivity contribution in [3.05, 3.63) is 95.7 Å². The van der Waals surface area contributed by atoms with Gasteiger partial charge in [-0.1, -0.05) is 36.4 Å². The SMILES string of the molecule is CCNc1cc(C(=O)N[C@@H](Cc2ccccc2)[C@H](O)CNCc2ccc3[nH]ccc3c2)cc(N2CCCC2=O)c1. The van der Waals surface area contributed by atoms with Gasteiger partial charge < -0.3 is 30.9 Å². The normalized spacial score (nSPS) is 14.8. The second-order valence-electron chi connectivity index (χ2n) is 10.3. The fraction of sp³-hybridized carbons (Fsp3) is 0.312. The molecule has 0 radical (unpaired) electrons. The van der Waals surface area contributed by atoms with Crippen molar-refractivity contribution < 1.29 is 14.7 Å². The van der Waals surface area contributed by atoms with Gasteiger partial charge in [0.05, 0.1) is 12.1 Å². The van der Waals surface area contributed by atoms with Gasteiger partial charge >= 0.3 is 0 Å². The number of hydrogen-bond acceptors (Lipinski definition) is 5. The molecular weight excluding hydrogens is 502 g/mol. The summed E-state index contributed by atoms with van der Waals surface area (Å²) in [5.41, 5.74) is 5.18. The van der Waals surface area contributed by atoms with Crippen LogP contribution in [0.25, 0.3) is 10.9 Å². The number of aliphatic hydroxyl groups is 1. The average Bonchev–Trinajstić information content (AvgIpc) is 3.61. The number of aromatic nitrogens is 1. The van der Waals surface area contributed by atoms with Gasteiger partial charge in [-0.2, -0.15) is 0 Å². The lowest BCUT2D eigenvalue weighted by molar-refractivity contribution is -0.117. The Bertz CT molecular complexity index is 1450. The predicted octanol–water partition coefficient (Wildman–Crippen LogP) is 4.22. The van der Waals surface area contributed by atoms with Crippen LogP contribution in [0.2, 0.25) is 0 Å². The number of anilines is 2. The van der Waals surface area contributed by atoms with Crippen LogP contribution in [0.5, 0.6) is 0 Å². The van der Waals surface area contributed by atoms with Crippen LogP contribution < -0.4 is 20.9 Å². The van der Waals surface area contributed by atoms with E-state index in [9.17, 15) is 14.7 Å². The van der Waals surface area contributed by atoms with Gasteiger partial charge in [0.25, 0.3) is 5.91 Å². The van der Waals surface area contributed by atoms with Gasteiger partial charge in [0.1, 0.15) is 0 Å². The molecule has 8 heteroatoms. The highest BCUT2D eigenvalue weighted by molar-refractivity contribution is 6.00. The largest absolute Gasteiger partial charge is 0.390 e. The third kappa shape index (κ3) is 6.70.